The Morgan fingerprint density at radius 3 is 2.41 bits per heavy atom. The van der Waals surface area contributed by atoms with E-state index in [9.17, 15) is 4.79 Å². The van der Waals surface area contributed by atoms with Crippen LogP contribution in [0.2, 0.25) is 0 Å². The molecule has 0 saturated carbocycles. The summed E-state index contributed by atoms with van der Waals surface area (Å²) < 4.78 is 2.00. The van der Waals surface area contributed by atoms with Crippen LogP contribution in [0.15, 0.2) is 65.5 Å². The molecule has 1 aliphatic heterocycles. The summed E-state index contributed by atoms with van der Waals surface area (Å²) in [5, 5.41) is 0. The van der Waals surface area contributed by atoms with Crippen LogP contribution in [0.1, 0.15) is 55.7 Å². The van der Waals surface area contributed by atoms with Gasteiger partial charge in [-0.1, -0.05) is 48.6 Å². The summed E-state index contributed by atoms with van der Waals surface area (Å²) >= 11 is 0. The summed E-state index contributed by atoms with van der Waals surface area (Å²) in [7, 11) is 0. The number of likely N-dealkylation sites (tertiary alicyclic amines) is 1. The van der Waals surface area contributed by atoms with Gasteiger partial charge in [0.25, 0.3) is 0 Å². The molecule has 1 aromatic heterocycles. The number of allylic oxidation sites excluding steroid dienone is 2. The summed E-state index contributed by atoms with van der Waals surface area (Å²) in [6, 6.07) is 17.6. The van der Waals surface area contributed by atoms with Crippen LogP contribution in [0.5, 0.6) is 0 Å². The molecule has 2 aromatic carbocycles. The summed E-state index contributed by atoms with van der Waals surface area (Å²) in [5.74, 6) is 0. The van der Waals surface area contributed by atoms with Crippen LogP contribution in [0.25, 0.3) is 11.0 Å². The standard InChI is InChI=1S/C27H34N4O/c28-17-12-21-10-11-25-24(20-21)29-26(32)31(25)23-13-18-30(19-14-23)27(15-6-1-2-7-16-27)22-8-4-3-5-9-22/h1-5,8-11,20,23H,6-7,12-19,28H2,(H,29,32). The number of piperidine rings is 1. The first-order valence-electron chi connectivity index (χ1n) is 12.1. The lowest BCUT2D eigenvalue weighted by Crippen LogP contribution is -2.50. The first-order valence-corrected chi connectivity index (χ1v) is 12.1. The Hall–Kier alpha value is -2.63. The Kier molecular flexibility index (Phi) is 6.03. The second kappa shape index (κ2) is 9.08. The molecule has 1 aliphatic carbocycles. The number of aromatic amines is 1. The molecule has 1 fully saturated rings. The van der Waals surface area contributed by atoms with Gasteiger partial charge < -0.3 is 10.7 Å². The van der Waals surface area contributed by atoms with Gasteiger partial charge >= 0.3 is 5.69 Å². The number of fused-ring (bicyclic) bond motifs is 1. The number of nitrogens with one attached hydrogen (secondary N) is 1. The molecule has 1 saturated heterocycles. The molecule has 5 heteroatoms. The minimum atomic E-state index is 0.0137. The van der Waals surface area contributed by atoms with Crippen LogP contribution in [0.4, 0.5) is 0 Å². The molecule has 32 heavy (non-hydrogen) atoms. The second-order valence-corrected chi connectivity index (χ2v) is 9.35. The van der Waals surface area contributed by atoms with E-state index in [1.54, 1.807) is 0 Å². The van der Waals surface area contributed by atoms with E-state index in [4.69, 9.17) is 5.73 Å². The van der Waals surface area contributed by atoms with Crippen LogP contribution in [0, 0.1) is 0 Å². The van der Waals surface area contributed by atoms with E-state index in [2.05, 4.69) is 70.6 Å². The van der Waals surface area contributed by atoms with Crippen LogP contribution >= 0.6 is 0 Å². The number of nitrogens with zero attached hydrogens (tertiary/aromatic N) is 2. The average molecular weight is 431 g/mol. The quantitative estimate of drug-likeness (QED) is 0.586. The van der Waals surface area contributed by atoms with E-state index in [0.29, 0.717) is 6.54 Å². The fourth-order valence-corrected chi connectivity index (χ4v) is 5.96. The number of benzene rings is 2. The topological polar surface area (TPSA) is 67.0 Å². The first kappa shape index (κ1) is 21.2. The Morgan fingerprint density at radius 1 is 1.00 bits per heavy atom. The highest BCUT2D eigenvalue weighted by Gasteiger charge is 2.40. The SMILES string of the molecule is NCCc1ccc2c(c1)[nH]c(=O)n2C1CCN(C2(c3ccccc3)CCC=CCC2)CC1. The van der Waals surface area contributed by atoms with Gasteiger partial charge in [-0.15, -0.1) is 0 Å². The molecule has 3 aromatic rings. The molecule has 5 nitrogen and oxygen atoms in total. The fourth-order valence-electron chi connectivity index (χ4n) is 5.96. The van der Waals surface area contributed by atoms with Crippen molar-refractivity contribution in [2.24, 2.45) is 5.73 Å². The second-order valence-electron chi connectivity index (χ2n) is 9.35. The average Bonchev–Trinajstić information content (AvgIpc) is 2.98. The highest BCUT2D eigenvalue weighted by molar-refractivity contribution is 5.76. The first-order chi connectivity index (χ1) is 15.7. The molecule has 0 radical (unpaired) electrons. The van der Waals surface area contributed by atoms with E-state index in [1.165, 1.54) is 11.1 Å². The molecule has 0 amide bonds. The van der Waals surface area contributed by atoms with E-state index < -0.39 is 0 Å². The number of aromatic nitrogens is 2. The maximum Gasteiger partial charge on any atom is 0.326 e. The van der Waals surface area contributed by atoms with Crippen molar-refractivity contribution >= 4 is 11.0 Å². The molecule has 0 bridgehead atoms. The molecule has 2 aliphatic rings. The number of hydrogen-bond donors (Lipinski definition) is 2. The van der Waals surface area contributed by atoms with Gasteiger partial charge in [0.05, 0.1) is 11.0 Å². The van der Waals surface area contributed by atoms with Crippen LogP contribution in [0.3, 0.4) is 0 Å². The highest BCUT2D eigenvalue weighted by Crippen LogP contribution is 2.42. The molecule has 168 valence electrons. The van der Waals surface area contributed by atoms with Crippen LogP contribution in [-0.2, 0) is 12.0 Å². The summed E-state index contributed by atoms with van der Waals surface area (Å²) in [4.78, 5) is 18.7. The summed E-state index contributed by atoms with van der Waals surface area (Å²) in [6.07, 6.45) is 12.1. The predicted molar refractivity (Wildman–Crippen MR) is 131 cm³/mol. The van der Waals surface area contributed by atoms with Crippen LogP contribution < -0.4 is 11.4 Å². The van der Waals surface area contributed by atoms with Crippen molar-refractivity contribution in [2.45, 2.75) is 56.5 Å². The highest BCUT2D eigenvalue weighted by atomic mass is 16.1. The minimum Gasteiger partial charge on any atom is -0.330 e. The number of rotatable bonds is 5. The van der Waals surface area contributed by atoms with Crippen LogP contribution in [-0.4, -0.2) is 34.1 Å². The van der Waals surface area contributed by atoms with Crippen molar-refractivity contribution in [2.75, 3.05) is 19.6 Å². The van der Waals surface area contributed by atoms with E-state index in [-0.39, 0.29) is 17.3 Å². The van der Waals surface area contributed by atoms with Gasteiger partial charge in [-0.3, -0.25) is 9.47 Å². The number of H-pyrrole nitrogens is 1. The van der Waals surface area contributed by atoms with Gasteiger partial charge in [0.1, 0.15) is 0 Å². The Labute approximate surface area is 189 Å². The zero-order valence-corrected chi connectivity index (χ0v) is 18.8. The van der Waals surface area contributed by atoms with Crippen molar-refractivity contribution in [3.05, 3.63) is 82.3 Å². The third-order valence-electron chi connectivity index (χ3n) is 7.58. The van der Waals surface area contributed by atoms with Gasteiger partial charge in [-0.05, 0) is 74.8 Å². The number of nitrogens with two attached hydrogens (primary N) is 1. The fraction of sp³-hybridized carbons (Fsp3) is 0.444. The summed E-state index contributed by atoms with van der Waals surface area (Å²) in [6.45, 7) is 2.65. The van der Waals surface area contributed by atoms with E-state index in [0.717, 1.165) is 69.1 Å². The van der Waals surface area contributed by atoms with E-state index in [1.807, 2.05) is 4.57 Å². The lowest BCUT2D eigenvalue weighted by atomic mass is 9.79. The van der Waals surface area contributed by atoms with Crippen molar-refractivity contribution in [3.8, 4) is 0 Å². The molecule has 0 unspecified atom stereocenters. The zero-order chi connectivity index (χ0) is 22.0. The normalized spacial score (nSPS) is 19.9. The third kappa shape index (κ3) is 3.84. The molecular formula is C27H34N4O. The predicted octanol–water partition coefficient (Wildman–Crippen LogP) is 4.49. The van der Waals surface area contributed by atoms with Gasteiger partial charge in [-0.25, -0.2) is 4.79 Å². The van der Waals surface area contributed by atoms with Crippen molar-refractivity contribution in [1.82, 2.24) is 14.5 Å². The van der Waals surface area contributed by atoms with Gasteiger partial charge in [0, 0.05) is 24.7 Å². The van der Waals surface area contributed by atoms with Crippen molar-refractivity contribution in [3.63, 3.8) is 0 Å². The Balaban J connectivity index is 1.40. The zero-order valence-electron chi connectivity index (χ0n) is 18.8. The molecule has 2 heterocycles. The number of imidazole rings is 1. The molecule has 5 rings (SSSR count). The molecule has 3 N–H and O–H groups in total. The largest absolute Gasteiger partial charge is 0.330 e. The Morgan fingerprint density at radius 2 is 1.72 bits per heavy atom. The number of hydrogen-bond acceptors (Lipinski definition) is 3. The summed E-state index contributed by atoms with van der Waals surface area (Å²) in [5.41, 5.74) is 10.4. The van der Waals surface area contributed by atoms with E-state index >= 15 is 0 Å². The molecule has 0 spiro atoms. The van der Waals surface area contributed by atoms with Gasteiger partial charge in [0.15, 0.2) is 0 Å². The smallest absolute Gasteiger partial charge is 0.326 e. The lowest BCUT2D eigenvalue weighted by molar-refractivity contribution is 0.0367. The van der Waals surface area contributed by atoms with Crippen molar-refractivity contribution in [1.29, 1.82) is 0 Å². The maximum absolute atomic E-state index is 12.9. The van der Waals surface area contributed by atoms with Gasteiger partial charge in [-0.2, -0.15) is 0 Å². The third-order valence-corrected chi connectivity index (χ3v) is 7.58. The Bertz CT molecular complexity index is 1130. The van der Waals surface area contributed by atoms with Crippen molar-refractivity contribution < 1.29 is 0 Å². The van der Waals surface area contributed by atoms with Gasteiger partial charge in [0.2, 0.25) is 0 Å². The molecule has 0 atom stereocenters. The molecular weight excluding hydrogens is 396 g/mol. The minimum absolute atomic E-state index is 0.0137. The lowest BCUT2D eigenvalue weighted by Gasteiger charge is -2.47. The monoisotopic (exact) mass is 430 g/mol. The maximum atomic E-state index is 12.9.